The van der Waals surface area contributed by atoms with Crippen molar-refractivity contribution in [3.8, 4) is 0 Å². The lowest BCUT2D eigenvalue weighted by Crippen LogP contribution is -2.40. The van der Waals surface area contributed by atoms with Gasteiger partial charge in [0.2, 0.25) is 0 Å². The van der Waals surface area contributed by atoms with Crippen LogP contribution in [-0.4, -0.2) is 37.1 Å². The van der Waals surface area contributed by atoms with E-state index < -0.39 is 0 Å². The number of carbonyl (C=O) groups excluding carboxylic acids is 1. The van der Waals surface area contributed by atoms with Gasteiger partial charge >= 0.3 is 0 Å². The van der Waals surface area contributed by atoms with Crippen molar-refractivity contribution < 1.29 is 14.3 Å². The van der Waals surface area contributed by atoms with E-state index in [0.717, 1.165) is 11.1 Å². The molecule has 4 heteroatoms. The van der Waals surface area contributed by atoms with Gasteiger partial charge in [-0.3, -0.25) is 4.79 Å². The minimum Gasteiger partial charge on any atom is -0.378 e. The summed E-state index contributed by atoms with van der Waals surface area (Å²) in [6.07, 6.45) is 0. The molecule has 90 valence electrons. The van der Waals surface area contributed by atoms with Crippen molar-refractivity contribution in [3.05, 3.63) is 34.9 Å². The SMILES string of the molecule is O=C(c1ccc2c(c1)COC2)N1CCOCC1. The average Bonchev–Trinajstić information content (AvgIpc) is 2.86. The highest BCUT2D eigenvalue weighted by molar-refractivity contribution is 5.94. The molecule has 0 atom stereocenters. The summed E-state index contributed by atoms with van der Waals surface area (Å²) in [5, 5.41) is 0. The molecule has 0 aliphatic carbocycles. The van der Waals surface area contributed by atoms with E-state index in [9.17, 15) is 4.79 Å². The summed E-state index contributed by atoms with van der Waals surface area (Å²) >= 11 is 0. The van der Waals surface area contributed by atoms with Crippen LogP contribution in [0.15, 0.2) is 18.2 Å². The molecule has 17 heavy (non-hydrogen) atoms. The van der Waals surface area contributed by atoms with Gasteiger partial charge in [-0.05, 0) is 23.3 Å². The van der Waals surface area contributed by atoms with Crippen molar-refractivity contribution in [1.82, 2.24) is 4.90 Å². The number of hydrogen-bond donors (Lipinski definition) is 0. The Bertz CT molecular complexity index is 438. The molecule has 1 fully saturated rings. The van der Waals surface area contributed by atoms with E-state index in [1.165, 1.54) is 5.56 Å². The monoisotopic (exact) mass is 233 g/mol. The van der Waals surface area contributed by atoms with Crippen molar-refractivity contribution in [2.45, 2.75) is 13.2 Å². The van der Waals surface area contributed by atoms with Crippen LogP contribution in [0.5, 0.6) is 0 Å². The third-order valence-electron chi connectivity index (χ3n) is 3.27. The molecule has 0 unspecified atom stereocenters. The fourth-order valence-corrected chi connectivity index (χ4v) is 2.25. The van der Waals surface area contributed by atoms with Crippen LogP contribution in [0.3, 0.4) is 0 Å². The molecule has 2 aliphatic rings. The predicted octanol–water partition coefficient (Wildman–Crippen LogP) is 1.19. The number of ether oxygens (including phenoxy) is 2. The largest absolute Gasteiger partial charge is 0.378 e. The quantitative estimate of drug-likeness (QED) is 0.731. The zero-order chi connectivity index (χ0) is 11.7. The summed E-state index contributed by atoms with van der Waals surface area (Å²) in [6, 6.07) is 5.85. The van der Waals surface area contributed by atoms with Crippen molar-refractivity contribution in [1.29, 1.82) is 0 Å². The van der Waals surface area contributed by atoms with Crippen LogP contribution in [0, 0.1) is 0 Å². The van der Waals surface area contributed by atoms with E-state index in [1.807, 2.05) is 23.1 Å². The molecule has 0 bridgehead atoms. The highest BCUT2D eigenvalue weighted by atomic mass is 16.5. The fourth-order valence-electron chi connectivity index (χ4n) is 2.25. The maximum atomic E-state index is 12.2. The molecule has 1 amide bonds. The zero-order valence-corrected chi connectivity index (χ0v) is 9.65. The van der Waals surface area contributed by atoms with Crippen molar-refractivity contribution in [2.24, 2.45) is 0 Å². The Labute approximate surface area is 100 Å². The summed E-state index contributed by atoms with van der Waals surface area (Å²) < 4.78 is 10.6. The highest BCUT2D eigenvalue weighted by Crippen LogP contribution is 2.21. The van der Waals surface area contributed by atoms with Crippen LogP contribution in [0.4, 0.5) is 0 Å². The standard InChI is InChI=1S/C13H15NO3/c15-13(14-3-5-16-6-4-14)10-1-2-11-8-17-9-12(11)7-10/h1-2,7H,3-6,8-9H2. The first-order valence-corrected chi connectivity index (χ1v) is 5.91. The van der Waals surface area contributed by atoms with Crippen LogP contribution in [0.25, 0.3) is 0 Å². The van der Waals surface area contributed by atoms with Gasteiger partial charge in [-0.2, -0.15) is 0 Å². The first kappa shape index (κ1) is 10.7. The number of benzene rings is 1. The number of rotatable bonds is 1. The molecular formula is C13H15NO3. The maximum absolute atomic E-state index is 12.2. The van der Waals surface area contributed by atoms with Crippen molar-refractivity contribution in [2.75, 3.05) is 26.3 Å². The number of carbonyl (C=O) groups is 1. The molecule has 4 nitrogen and oxygen atoms in total. The molecule has 1 saturated heterocycles. The van der Waals surface area contributed by atoms with E-state index in [1.54, 1.807) is 0 Å². The van der Waals surface area contributed by atoms with Crippen molar-refractivity contribution >= 4 is 5.91 Å². The second kappa shape index (κ2) is 4.47. The third-order valence-corrected chi connectivity index (χ3v) is 3.27. The Morgan fingerprint density at radius 2 is 1.82 bits per heavy atom. The van der Waals surface area contributed by atoms with E-state index in [0.29, 0.717) is 39.5 Å². The predicted molar refractivity (Wildman–Crippen MR) is 61.7 cm³/mol. The average molecular weight is 233 g/mol. The molecule has 0 radical (unpaired) electrons. The fraction of sp³-hybridized carbons (Fsp3) is 0.462. The topological polar surface area (TPSA) is 38.8 Å². The van der Waals surface area contributed by atoms with E-state index in [4.69, 9.17) is 9.47 Å². The van der Waals surface area contributed by atoms with Gasteiger partial charge in [0.05, 0.1) is 26.4 Å². The minimum atomic E-state index is 0.100. The molecule has 0 N–H and O–H groups in total. The number of hydrogen-bond acceptors (Lipinski definition) is 3. The first-order valence-electron chi connectivity index (χ1n) is 5.91. The Balaban J connectivity index is 1.81. The number of amides is 1. The summed E-state index contributed by atoms with van der Waals surface area (Å²) in [7, 11) is 0. The lowest BCUT2D eigenvalue weighted by atomic mass is 10.1. The number of fused-ring (bicyclic) bond motifs is 1. The van der Waals surface area contributed by atoms with Crippen LogP contribution < -0.4 is 0 Å². The molecule has 0 saturated carbocycles. The van der Waals surface area contributed by atoms with Crippen LogP contribution in [0.1, 0.15) is 21.5 Å². The summed E-state index contributed by atoms with van der Waals surface area (Å²) in [6.45, 7) is 3.94. The van der Waals surface area contributed by atoms with Crippen LogP contribution in [-0.2, 0) is 22.7 Å². The zero-order valence-electron chi connectivity index (χ0n) is 9.65. The minimum absolute atomic E-state index is 0.100. The second-order valence-corrected chi connectivity index (χ2v) is 4.38. The molecule has 2 heterocycles. The normalized spacial score (nSPS) is 19.2. The summed E-state index contributed by atoms with van der Waals surface area (Å²) in [5.74, 6) is 0.100. The summed E-state index contributed by atoms with van der Waals surface area (Å²) in [4.78, 5) is 14.1. The van der Waals surface area contributed by atoms with Gasteiger partial charge in [0.1, 0.15) is 0 Å². The maximum Gasteiger partial charge on any atom is 0.254 e. The van der Waals surface area contributed by atoms with Gasteiger partial charge in [0, 0.05) is 18.7 Å². The smallest absolute Gasteiger partial charge is 0.254 e. The van der Waals surface area contributed by atoms with E-state index >= 15 is 0 Å². The Kier molecular flexibility index (Phi) is 2.82. The van der Waals surface area contributed by atoms with Gasteiger partial charge in [-0.1, -0.05) is 6.07 Å². The third kappa shape index (κ3) is 2.06. The molecule has 0 aromatic heterocycles. The molecule has 3 rings (SSSR count). The summed E-state index contributed by atoms with van der Waals surface area (Å²) in [5.41, 5.74) is 3.10. The van der Waals surface area contributed by atoms with Crippen LogP contribution >= 0.6 is 0 Å². The Morgan fingerprint density at radius 1 is 1.06 bits per heavy atom. The van der Waals surface area contributed by atoms with Gasteiger partial charge in [0.25, 0.3) is 5.91 Å². The first-order chi connectivity index (χ1) is 8.34. The molecule has 1 aromatic rings. The van der Waals surface area contributed by atoms with Crippen molar-refractivity contribution in [3.63, 3.8) is 0 Å². The molecule has 2 aliphatic heterocycles. The Morgan fingerprint density at radius 3 is 2.65 bits per heavy atom. The van der Waals surface area contributed by atoms with E-state index in [2.05, 4.69) is 0 Å². The Hall–Kier alpha value is -1.39. The lowest BCUT2D eigenvalue weighted by molar-refractivity contribution is 0.0303. The van der Waals surface area contributed by atoms with Gasteiger partial charge in [-0.25, -0.2) is 0 Å². The number of morpholine rings is 1. The van der Waals surface area contributed by atoms with E-state index in [-0.39, 0.29) is 5.91 Å². The molecular weight excluding hydrogens is 218 g/mol. The lowest BCUT2D eigenvalue weighted by Gasteiger charge is -2.27. The highest BCUT2D eigenvalue weighted by Gasteiger charge is 2.20. The molecule has 1 aromatic carbocycles. The van der Waals surface area contributed by atoms with Gasteiger partial charge in [-0.15, -0.1) is 0 Å². The van der Waals surface area contributed by atoms with Gasteiger partial charge < -0.3 is 14.4 Å². The second-order valence-electron chi connectivity index (χ2n) is 4.38. The van der Waals surface area contributed by atoms with Gasteiger partial charge in [0.15, 0.2) is 0 Å². The van der Waals surface area contributed by atoms with Crippen LogP contribution in [0.2, 0.25) is 0 Å². The molecule has 0 spiro atoms. The number of nitrogens with zero attached hydrogens (tertiary/aromatic N) is 1.